The molecule has 11 heteroatoms. The number of carboxylic acids is 3. The molecule has 0 bridgehead atoms. The molecule has 3 unspecified atom stereocenters. The van der Waals surface area contributed by atoms with Crippen LogP contribution in [0.5, 0.6) is 0 Å². The zero-order valence-corrected chi connectivity index (χ0v) is 16.5. The first-order valence-electron chi connectivity index (χ1n) is 8.39. The summed E-state index contributed by atoms with van der Waals surface area (Å²) in [7, 11) is 5.66. The second kappa shape index (κ2) is 16.4. The normalized spacial score (nSPS) is 13.8. The Labute approximate surface area is 159 Å². The number of carbonyl (C=O) groups excluding carboxylic acids is 1. The maximum atomic E-state index is 10.0. The van der Waals surface area contributed by atoms with Crippen LogP contribution in [0.1, 0.15) is 32.6 Å². The molecule has 0 heterocycles. The van der Waals surface area contributed by atoms with Gasteiger partial charge in [-0.25, -0.2) is 0 Å². The molecule has 0 fully saturated rings. The fourth-order valence-corrected chi connectivity index (χ4v) is 1.60. The van der Waals surface area contributed by atoms with Gasteiger partial charge in [0.1, 0.15) is 18.7 Å². The second-order valence-electron chi connectivity index (χ2n) is 7.03. The highest BCUT2D eigenvalue weighted by atomic mass is 16.4. The van der Waals surface area contributed by atoms with Gasteiger partial charge in [0.2, 0.25) is 0 Å². The van der Waals surface area contributed by atoms with Crippen molar-refractivity contribution in [3.8, 4) is 0 Å². The van der Waals surface area contributed by atoms with Crippen molar-refractivity contribution in [3.05, 3.63) is 0 Å². The number of likely N-dealkylation sites (N-methyl/N-ethyl adjacent to an activating group) is 1. The number of nitrogens with two attached hydrogens (primary N) is 2. The van der Waals surface area contributed by atoms with Crippen molar-refractivity contribution in [1.29, 1.82) is 0 Å². The lowest BCUT2D eigenvalue weighted by atomic mass is 10.2. The van der Waals surface area contributed by atoms with Gasteiger partial charge >= 0.3 is 11.9 Å². The summed E-state index contributed by atoms with van der Waals surface area (Å²) in [5, 5.41) is 43.6. The number of hydrogen-bond donors (Lipinski definition) is 6. The molecule has 0 aromatic rings. The number of aliphatic hydroxyl groups is 2. The molecule has 0 aromatic heterocycles. The number of rotatable bonds is 10. The van der Waals surface area contributed by atoms with E-state index < -0.39 is 36.2 Å². The van der Waals surface area contributed by atoms with Gasteiger partial charge in [0.25, 0.3) is 0 Å². The van der Waals surface area contributed by atoms with Gasteiger partial charge in [-0.3, -0.25) is 9.59 Å². The number of carboxylic acid groups (broad SMARTS) is 3. The van der Waals surface area contributed by atoms with E-state index in [1.165, 1.54) is 6.92 Å². The van der Waals surface area contributed by atoms with Crippen LogP contribution in [0.4, 0.5) is 0 Å². The third-order valence-corrected chi connectivity index (χ3v) is 2.67. The monoisotopic (exact) mass is 397 g/mol. The van der Waals surface area contributed by atoms with E-state index in [1.807, 2.05) is 21.1 Å². The Bertz CT molecular complexity index is 424. The smallest absolute Gasteiger partial charge is 0.320 e. The Morgan fingerprint density at radius 1 is 1.07 bits per heavy atom. The van der Waals surface area contributed by atoms with Crippen molar-refractivity contribution in [1.82, 2.24) is 0 Å². The van der Waals surface area contributed by atoms with E-state index in [-0.39, 0.29) is 12.8 Å². The van der Waals surface area contributed by atoms with Gasteiger partial charge in [0.05, 0.1) is 33.7 Å². The average Bonchev–Trinajstić information content (AvgIpc) is 2.41. The fraction of sp³-hybridized carbons (Fsp3) is 0.812. The number of hydrogen-bond acceptors (Lipinski definition) is 8. The lowest BCUT2D eigenvalue weighted by molar-refractivity contribution is -0.873. The highest BCUT2D eigenvalue weighted by molar-refractivity contribution is 5.72. The summed E-state index contributed by atoms with van der Waals surface area (Å²) in [6.45, 7) is 2.36. The molecule has 0 radical (unpaired) electrons. The average molecular weight is 397 g/mol. The minimum absolute atomic E-state index is 0.167. The molecular formula is C16H35N3O8. The zero-order valence-electron chi connectivity index (χ0n) is 16.5. The van der Waals surface area contributed by atoms with Crippen LogP contribution in [0, 0.1) is 0 Å². The molecule has 0 amide bonds. The number of carbonyl (C=O) groups is 3. The molecule has 0 aromatic carbocycles. The number of nitrogens with zero attached hydrogens (tertiary/aromatic N) is 1. The molecule has 0 spiro atoms. The number of aliphatic hydroxyl groups excluding tert-OH is 2. The van der Waals surface area contributed by atoms with Crippen molar-refractivity contribution in [2.45, 2.75) is 50.9 Å². The van der Waals surface area contributed by atoms with Crippen molar-refractivity contribution >= 4 is 17.9 Å². The van der Waals surface area contributed by atoms with Gasteiger partial charge in [-0.2, -0.15) is 0 Å². The Morgan fingerprint density at radius 2 is 1.56 bits per heavy atom. The van der Waals surface area contributed by atoms with Crippen molar-refractivity contribution in [3.63, 3.8) is 0 Å². The van der Waals surface area contributed by atoms with Crippen LogP contribution in [0.25, 0.3) is 0 Å². The van der Waals surface area contributed by atoms with E-state index in [0.717, 1.165) is 0 Å². The van der Waals surface area contributed by atoms with E-state index in [0.29, 0.717) is 30.4 Å². The van der Waals surface area contributed by atoms with E-state index in [9.17, 15) is 19.5 Å². The zero-order chi connectivity index (χ0) is 22.2. The van der Waals surface area contributed by atoms with E-state index in [1.54, 1.807) is 0 Å². The van der Waals surface area contributed by atoms with Crippen LogP contribution in [0.3, 0.4) is 0 Å². The summed E-state index contributed by atoms with van der Waals surface area (Å²) >= 11 is 0. The fourth-order valence-electron chi connectivity index (χ4n) is 1.60. The topological polar surface area (TPSA) is 207 Å². The van der Waals surface area contributed by atoms with E-state index in [4.69, 9.17) is 31.9 Å². The minimum atomic E-state index is -1.20. The van der Waals surface area contributed by atoms with Crippen LogP contribution >= 0.6 is 0 Å². The first-order valence-corrected chi connectivity index (χ1v) is 8.39. The lowest BCUT2D eigenvalue weighted by Crippen LogP contribution is -2.43. The highest BCUT2D eigenvalue weighted by Gasteiger charge is 2.14. The van der Waals surface area contributed by atoms with Gasteiger partial charge in [-0.15, -0.1) is 0 Å². The third-order valence-electron chi connectivity index (χ3n) is 2.67. The van der Waals surface area contributed by atoms with Crippen LogP contribution in [0.15, 0.2) is 0 Å². The molecule has 27 heavy (non-hydrogen) atoms. The maximum absolute atomic E-state index is 10.0. The van der Waals surface area contributed by atoms with E-state index in [2.05, 4.69) is 0 Å². The van der Waals surface area contributed by atoms with Gasteiger partial charge < -0.3 is 46.3 Å². The molecule has 162 valence electrons. The molecule has 8 N–H and O–H groups in total. The van der Waals surface area contributed by atoms with E-state index >= 15 is 0 Å². The summed E-state index contributed by atoms with van der Waals surface area (Å²) in [4.78, 5) is 29.7. The molecule has 0 aliphatic carbocycles. The van der Waals surface area contributed by atoms with Crippen LogP contribution in [0.2, 0.25) is 0 Å². The van der Waals surface area contributed by atoms with Crippen LogP contribution in [-0.2, 0) is 14.4 Å². The number of aliphatic carboxylic acids is 3. The molecule has 3 atom stereocenters. The van der Waals surface area contributed by atoms with Crippen molar-refractivity contribution < 1.29 is 44.4 Å². The first-order chi connectivity index (χ1) is 12.1. The van der Waals surface area contributed by atoms with Crippen LogP contribution < -0.4 is 16.6 Å². The molecular weight excluding hydrogens is 362 g/mol. The molecule has 0 aliphatic rings. The van der Waals surface area contributed by atoms with Crippen molar-refractivity contribution in [2.24, 2.45) is 11.5 Å². The Hall–Kier alpha value is -1.79. The standard InChI is InChI=1S/C7H15NO3.C5H12N2O2.C4H8O3/c1-8(2,3)5-6(9)4-7(10)11;6-3-1-2-4(7)5(8)9;1-3(5)2-4(6)7/h6,9H,4-5H2,1-3H3;4H,1-3,6-7H2,(H,8,9);3,5H,2H2,1H3,(H,6,7). The summed E-state index contributed by atoms with van der Waals surface area (Å²) < 4.78 is 0.550. The van der Waals surface area contributed by atoms with Gasteiger partial charge in [-0.05, 0) is 26.3 Å². The molecule has 0 saturated carbocycles. The second-order valence-corrected chi connectivity index (χ2v) is 7.03. The highest BCUT2D eigenvalue weighted by Crippen LogP contribution is 1.97. The Balaban J connectivity index is -0.000000329. The predicted octanol–water partition coefficient (Wildman–Crippen LogP) is -2.83. The summed E-state index contributed by atoms with van der Waals surface area (Å²) in [5.74, 6) is -3.12. The Morgan fingerprint density at radius 3 is 1.78 bits per heavy atom. The largest absolute Gasteiger partial charge is 0.550 e. The molecule has 0 aliphatic heterocycles. The summed E-state index contributed by atoms with van der Waals surface area (Å²) in [6, 6.07) is -0.742. The molecule has 0 rings (SSSR count). The SMILES string of the molecule is CC(O)CC(=O)O.C[N+](C)(C)CC(O)CC(=O)[O-].NCCCC(N)C(=O)O. The minimum Gasteiger partial charge on any atom is -0.550 e. The number of quaternary nitrogens is 1. The van der Waals surface area contributed by atoms with Gasteiger partial charge in [0.15, 0.2) is 0 Å². The Kier molecular flexibility index (Phi) is 18.2. The summed E-state index contributed by atoms with van der Waals surface area (Å²) in [5.41, 5.74) is 10.3. The van der Waals surface area contributed by atoms with Crippen LogP contribution in [-0.4, -0.2) is 95.3 Å². The lowest BCUT2D eigenvalue weighted by Gasteiger charge is -2.26. The van der Waals surface area contributed by atoms with Gasteiger partial charge in [-0.1, -0.05) is 0 Å². The maximum Gasteiger partial charge on any atom is 0.320 e. The first kappa shape index (κ1) is 30.0. The predicted molar refractivity (Wildman–Crippen MR) is 96.4 cm³/mol. The molecule has 0 saturated heterocycles. The van der Waals surface area contributed by atoms with Gasteiger partial charge in [0, 0.05) is 12.4 Å². The summed E-state index contributed by atoms with van der Waals surface area (Å²) in [6.07, 6.45) is -0.841. The third kappa shape index (κ3) is 32.4. The quantitative estimate of drug-likeness (QED) is 0.208. The molecule has 11 nitrogen and oxygen atoms in total. The van der Waals surface area contributed by atoms with Crippen molar-refractivity contribution in [2.75, 3.05) is 34.2 Å².